The number of furan rings is 1. The molecular weight excluding hydrogens is 402 g/mol. The van der Waals surface area contributed by atoms with Gasteiger partial charge < -0.3 is 14.1 Å². The highest BCUT2D eigenvalue weighted by Crippen LogP contribution is 2.39. The van der Waals surface area contributed by atoms with Gasteiger partial charge in [0, 0.05) is 28.9 Å². The fourth-order valence-corrected chi connectivity index (χ4v) is 4.67. The van der Waals surface area contributed by atoms with Gasteiger partial charge in [0.2, 0.25) is 0 Å². The highest BCUT2D eigenvalue weighted by atomic mass is 32.2. The second kappa shape index (κ2) is 7.80. The number of amides is 1. The standard InChI is InChI=1S/C23H25NO5S/c1-15(16-8-9-16)24(17-10-12-18(28-2)13-11-17)23(25)22-20(14-30(3,26)27)19-6-4-5-7-21(19)29-22/h4-7,10-13,15-16H,8-9,14H2,1-3H3. The molecule has 7 heteroatoms. The molecule has 0 spiro atoms. The Morgan fingerprint density at radius 1 is 1.17 bits per heavy atom. The summed E-state index contributed by atoms with van der Waals surface area (Å²) in [5, 5.41) is 0.653. The highest BCUT2D eigenvalue weighted by Gasteiger charge is 2.37. The van der Waals surface area contributed by atoms with Crippen molar-refractivity contribution in [3.63, 3.8) is 0 Å². The number of ether oxygens (including phenoxy) is 1. The maximum absolute atomic E-state index is 13.8. The fourth-order valence-electron chi connectivity index (χ4n) is 3.86. The average Bonchev–Trinajstić information content (AvgIpc) is 3.51. The van der Waals surface area contributed by atoms with Crippen LogP contribution in [-0.2, 0) is 15.6 Å². The lowest BCUT2D eigenvalue weighted by Crippen LogP contribution is -2.40. The molecule has 0 bridgehead atoms. The summed E-state index contributed by atoms with van der Waals surface area (Å²) in [5.74, 6) is 0.629. The van der Waals surface area contributed by atoms with Crippen molar-refractivity contribution in [1.82, 2.24) is 0 Å². The van der Waals surface area contributed by atoms with Gasteiger partial charge in [0.25, 0.3) is 5.91 Å². The molecule has 0 N–H and O–H groups in total. The number of hydrogen-bond donors (Lipinski definition) is 0. The predicted octanol–water partition coefficient (Wildman–Crippen LogP) is 4.43. The van der Waals surface area contributed by atoms with Crippen molar-refractivity contribution >= 4 is 32.4 Å². The number of carbonyl (C=O) groups excluding carboxylic acids is 1. The smallest absolute Gasteiger partial charge is 0.294 e. The van der Waals surface area contributed by atoms with Crippen LogP contribution in [0.4, 0.5) is 5.69 Å². The molecular formula is C23H25NO5S. The topological polar surface area (TPSA) is 76.8 Å². The lowest BCUT2D eigenvalue weighted by Gasteiger charge is -2.29. The molecule has 3 aromatic rings. The second-order valence-corrected chi connectivity index (χ2v) is 10.1. The number of sulfone groups is 1. The van der Waals surface area contributed by atoms with Crippen molar-refractivity contribution in [1.29, 1.82) is 0 Å². The zero-order valence-corrected chi connectivity index (χ0v) is 18.1. The van der Waals surface area contributed by atoms with Crippen molar-refractivity contribution in [2.75, 3.05) is 18.3 Å². The van der Waals surface area contributed by atoms with E-state index < -0.39 is 9.84 Å². The summed E-state index contributed by atoms with van der Waals surface area (Å²) in [7, 11) is -1.77. The largest absolute Gasteiger partial charge is 0.497 e. The first kappa shape index (κ1) is 20.5. The molecule has 1 atom stereocenters. The fraction of sp³-hybridized carbons (Fsp3) is 0.348. The van der Waals surface area contributed by atoms with Crippen molar-refractivity contribution in [3.8, 4) is 5.75 Å². The Labute approximate surface area is 176 Å². The van der Waals surface area contributed by atoms with Gasteiger partial charge in [-0.25, -0.2) is 8.42 Å². The van der Waals surface area contributed by atoms with Crippen molar-refractivity contribution < 1.29 is 22.4 Å². The van der Waals surface area contributed by atoms with Gasteiger partial charge in [-0.3, -0.25) is 4.79 Å². The molecule has 6 nitrogen and oxygen atoms in total. The van der Waals surface area contributed by atoms with Gasteiger partial charge in [0.15, 0.2) is 15.6 Å². The van der Waals surface area contributed by atoms with E-state index in [0.717, 1.165) is 24.8 Å². The molecule has 0 aliphatic heterocycles. The monoisotopic (exact) mass is 427 g/mol. The normalized spacial score (nSPS) is 15.2. The number of carbonyl (C=O) groups is 1. The maximum atomic E-state index is 13.8. The summed E-state index contributed by atoms with van der Waals surface area (Å²) in [6, 6.07) is 14.4. The van der Waals surface area contributed by atoms with Gasteiger partial charge in [-0.05, 0) is 56.0 Å². The zero-order chi connectivity index (χ0) is 21.5. The number of para-hydroxylation sites is 1. The van der Waals surface area contributed by atoms with E-state index in [0.29, 0.717) is 28.2 Å². The van der Waals surface area contributed by atoms with E-state index in [-0.39, 0.29) is 23.5 Å². The minimum Gasteiger partial charge on any atom is -0.497 e. The van der Waals surface area contributed by atoms with Gasteiger partial charge in [-0.15, -0.1) is 0 Å². The summed E-state index contributed by atoms with van der Waals surface area (Å²) in [5.41, 5.74) is 1.65. The van der Waals surface area contributed by atoms with Crippen LogP contribution in [0.15, 0.2) is 52.9 Å². The molecule has 2 aromatic carbocycles. The first-order chi connectivity index (χ1) is 14.3. The molecule has 0 radical (unpaired) electrons. The number of methoxy groups -OCH3 is 1. The minimum absolute atomic E-state index is 0.0369. The Balaban J connectivity index is 1.83. The number of anilines is 1. The van der Waals surface area contributed by atoms with Crippen LogP contribution in [0.25, 0.3) is 11.0 Å². The molecule has 30 heavy (non-hydrogen) atoms. The number of nitrogens with zero attached hydrogens (tertiary/aromatic N) is 1. The average molecular weight is 428 g/mol. The number of fused-ring (bicyclic) bond motifs is 1. The van der Waals surface area contributed by atoms with Crippen LogP contribution in [0.5, 0.6) is 5.75 Å². The molecule has 1 aliphatic rings. The molecule has 1 amide bonds. The lowest BCUT2D eigenvalue weighted by molar-refractivity contribution is 0.0950. The first-order valence-corrected chi connectivity index (χ1v) is 12.0. The van der Waals surface area contributed by atoms with E-state index in [1.54, 1.807) is 30.2 Å². The van der Waals surface area contributed by atoms with Crippen LogP contribution >= 0.6 is 0 Å². The predicted molar refractivity (Wildman–Crippen MR) is 117 cm³/mol. The molecule has 1 unspecified atom stereocenters. The van der Waals surface area contributed by atoms with Gasteiger partial charge in [-0.2, -0.15) is 0 Å². The summed E-state index contributed by atoms with van der Waals surface area (Å²) in [6.45, 7) is 2.03. The highest BCUT2D eigenvalue weighted by molar-refractivity contribution is 7.89. The van der Waals surface area contributed by atoms with Crippen molar-refractivity contribution in [2.24, 2.45) is 5.92 Å². The van der Waals surface area contributed by atoms with Crippen LogP contribution < -0.4 is 9.64 Å². The van der Waals surface area contributed by atoms with E-state index in [4.69, 9.17) is 9.15 Å². The van der Waals surface area contributed by atoms with Crippen LogP contribution in [0.1, 0.15) is 35.9 Å². The third kappa shape index (κ3) is 4.07. The minimum atomic E-state index is -3.37. The zero-order valence-electron chi connectivity index (χ0n) is 17.3. The Morgan fingerprint density at radius 2 is 1.83 bits per heavy atom. The van der Waals surface area contributed by atoms with Crippen LogP contribution in [0.3, 0.4) is 0 Å². The SMILES string of the molecule is COc1ccc(N(C(=O)c2oc3ccccc3c2CS(C)(=O)=O)C(C)C2CC2)cc1. The van der Waals surface area contributed by atoms with E-state index in [1.807, 2.05) is 37.3 Å². The number of rotatable bonds is 7. The third-order valence-electron chi connectivity index (χ3n) is 5.58. The molecule has 158 valence electrons. The van der Waals surface area contributed by atoms with Crippen molar-refractivity contribution in [2.45, 2.75) is 31.6 Å². The van der Waals surface area contributed by atoms with E-state index in [1.165, 1.54) is 0 Å². The van der Waals surface area contributed by atoms with Gasteiger partial charge in [0.05, 0.1) is 12.9 Å². The maximum Gasteiger partial charge on any atom is 0.294 e. The summed E-state index contributed by atoms with van der Waals surface area (Å²) < 4.78 is 35.4. The Bertz CT molecular complexity index is 1180. The third-order valence-corrected chi connectivity index (χ3v) is 6.39. The van der Waals surface area contributed by atoms with Crippen LogP contribution in [0.2, 0.25) is 0 Å². The Kier molecular flexibility index (Phi) is 5.32. The summed E-state index contributed by atoms with van der Waals surface area (Å²) >= 11 is 0. The molecule has 4 rings (SSSR count). The Morgan fingerprint density at radius 3 is 2.43 bits per heavy atom. The number of benzene rings is 2. The van der Waals surface area contributed by atoms with Crippen molar-refractivity contribution in [3.05, 3.63) is 59.9 Å². The molecule has 1 aliphatic carbocycles. The Hall–Kier alpha value is -2.80. The van der Waals surface area contributed by atoms with Crippen LogP contribution in [0, 0.1) is 5.92 Å². The molecule has 1 heterocycles. The summed E-state index contributed by atoms with van der Waals surface area (Å²) in [6.07, 6.45) is 3.30. The molecule has 1 aromatic heterocycles. The van der Waals surface area contributed by atoms with Gasteiger partial charge in [0.1, 0.15) is 11.3 Å². The first-order valence-electron chi connectivity index (χ1n) is 9.94. The lowest BCUT2D eigenvalue weighted by atomic mass is 10.1. The van der Waals surface area contributed by atoms with E-state index in [2.05, 4.69) is 0 Å². The van der Waals surface area contributed by atoms with E-state index in [9.17, 15) is 13.2 Å². The van der Waals surface area contributed by atoms with Gasteiger partial charge in [-0.1, -0.05) is 18.2 Å². The summed E-state index contributed by atoms with van der Waals surface area (Å²) in [4.78, 5) is 15.5. The molecule has 0 saturated heterocycles. The second-order valence-electron chi connectivity index (χ2n) is 7.93. The quantitative estimate of drug-likeness (QED) is 0.557. The van der Waals surface area contributed by atoms with E-state index >= 15 is 0 Å². The number of hydrogen-bond acceptors (Lipinski definition) is 5. The van der Waals surface area contributed by atoms with Gasteiger partial charge >= 0.3 is 0 Å². The van der Waals surface area contributed by atoms with Crippen LogP contribution in [-0.4, -0.2) is 33.7 Å². The molecule has 1 fully saturated rings. The molecule has 1 saturated carbocycles.